The third-order valence-electron chi connectivity index (χ3n) is 3.36. The van der Waals surface area contributed by atoms with E-state index in [9.17, 15) is 4.79 Å². The maximum absolute atomic E-state index is 12.1. The highest BCUT2D eigenvalue weighted by Gasteiger charge is 2.32. The number of nitrogens with two attached hydrogens (primary N) is 1. The number of amides is 1. The van der Waals surface area contributed by atoms with E-state index in [0.29, 0.717) is 13.0 Å². The van der Waals surface area contributed by atoms with Crippen LogP contribution in [0.2, 0.25) is 0 Å². The monoisotopic (exact) mass is 244 g/mol. The largest absolute Gasteiger partial charge is 0.385 e. The first-order chi connectivity index (χ1) is 8.07. The minimum atomic E-state index is -0.428. The Kier molecular flexibility index (Phi) is 5.88. The smallest absolute Gasteiger partial charge is 0.239 e. The molecule has 0 aromatic heterocycles. The van der Waals surface area contributed by atoms with E-state index in [4.69, 9.17) is 15.2 Å². The Morgan fingerprint density at radius 2 is 2.35 bits per heavy atom. The molecule has 1 fully saturated rings. The summed E-state index contributed by atoms with van der Waals surface area (Å²) in [5.74, 6) is 0.00320. The first kappa shape index (κ1) is 14.4. The maximum Gasteiger partial charge on any atom is 0.239 e. The zero-order chi connectivity index (χ0) is 12.8. The third-order valence-corrected chi connectivity index (χ3v) is 3.36. The zero-order valence-electron chi connectivity index (χ0n) is 11.0. The number of carbonyl (C=O) groups is 1. The van der Waals surface area contributed by atoms with Crippen molar-refractivity contribution in [3.63, 3.8) is 0 Å². The van der Waals surface area contributed by atoms with Gasteiger partial charge in [0.2, 0.25) is 5.91 Å². The van der Waals surface area contributed by atoms with E-state index in [2.05, 4.69) is 0 Å². The van der Waals surface area contributed by atoms with Crippen LogP contribution in [0.1, 0.15) is 26.2 Å². The van der Waals surface area contributed by atoms with Crippen LogP contribution in [-0.4, -0.2) is 56.4 Å². The van der Waals surface area contributed by atoms with Gasteiger partial charge in [0.25, 0.3) is 0 Å². The van der Waals surface area contributed by atoms with Crippen LogP contribution in [0.4, 0.5) is 0 Å². The molecule has 0 saturated carbocycles. The number of methoxy groups -OCH3 is 1. The Morgan fingerprint density at radius 1 is 1.65 bits per heavy atom. The summed E-state index contributed by atoms with van der Waals surface area (Å²) in [6, 6.07) is -0.265. The molecule has 0 aromatic rings. The van der Waals surface area contributed by atoms with Crippen LogP contribution in [0.15, 0.2) is 0 Å². The molecule has 5 nitrogen and oxygen atoms in total. The van der Waals surface area contributed by atoms with Gasteiger partial charge in [-0.3, -0.25) is 4.79 Å². The Morgan fingerprint density at radius 3 is 2.88 bits per heavy atom. The van der Waals surface area contributed by atoms with Crippen LogP contribution < -0.4 is 5.73 Å². The van der Waals surface area contributed by atoms with Crippen LogP contribution in [0.25, 0.3) is 0 Å². The number of hydrogen-bond donors (Lipinski definition) is 1. The van der Waals surface area contributed by atoms with E-state index < -0.39 is 6.04 Å². The van der Waals surface area contributed by atoms with Gasteiger partial charge in [-0.25, -0.2) is 0 Å². The van der Waals surface area contributed by atoms with Gasteiger partial charge in [-0.15, -0.1) is 0 Å². The van der Waals surface area contributed by atoms with Gasteiger partial charge in [-0.2, -0.15) is 0 Å². The lowest BCUT2D eigenvalue weighted by Gasteiger charge is -2.29. The van der Waals surface area contributed by atoms with E-state index in [1.165, 1.54) is 0 Å². The van der Waals surface area contributed by atoms with Crippen LogP contribution in [-0.2, 0) is 14.3 Å². The molecule has 100 valence electrons. The Balaban J connectivity index is 2.39. The predicted octanol–water partition coefficient (Wildman–Crippen LogP) is 0.376. The Bertz CT molecular complexity index is 248. The second-order valence-corrected chi connectivity index (χ2v) is 4.62. The molecule has 17 heavy (non-hydrogen) atoms. The summed E-state index contributed by atoms with van der Waals surface area (Å²) in [7, 11) is 3.46. The molecule has 1 rings (SSSR count). The lowest BCUT2D eigenvalue weighted by atomic mass is 10.1. The van der Waals surface area contributed by atoms with Crippen LogP contribution >= 0.6 is 0 Å². The molecule has 0 aliphatic carbocycles. The minimum absolute atomic E-state index is 0.00320. The highest BCUT2D eigenvalue weighted by Crippen LogP contribution is 2.19. The van der Waals surface area contributed by atoms with Gasteiger partial charge in [-0.05, 0) is 26.2 Å². The van der Waals surface area contributed by atoms with Crippen LogP contribution in [0.5, 0.6) is 0 Å². The number of ether oxygens (including phenoxy) is 2. The molecule has 1 saturated heterocycles. The molecule has 5 heteroatoms. The summed E-state index contributed by atoms with van der Waals surface area (Å²) in [6.45, 7) is 3.37. The fourth-order valence-corrected chi connectivity index (χ4v) is 2.23. The number of carbonyl (C=O) groups excluding carboxylic acids is 1. The standard InChI is InChI=1S/C12H24N2O3/c1-9-11(6-8-17-9)14(2)12(15)10(13)5-4-7-16-3/h9-11H,4-8,13H2,1-3H3. The summed E-state index contributed by atoms with van der Waals surface area (Å²) in [5, 5.41) is 0. The molecule has 1 aliphatic rings. The predicted molar refractivity (Wildman–Crippen MR) is 65.7 cm³/mol. The van der Waals surface area contributed by atoms with Gasteiger partial charge in [0.15, 0.2) is 0 Å². The number of nitrogens with zero attached hydrogens (tertiary/aromatic N) is 1. The molecular formula is C12H24N2O3. The van der Waals surface area contributed by atoms with E-state index in [1.54, 1.807) is 12.0 Å². The molecule has 0 radical (unpaired) electrons. The molecule has 1 amide bonds. The van der Waals surface area contributed by atoms with Crippen molar-refractivity contribution >= 4 is 5.91 Å². The van der Waals surface area contributed by atoms with Gasteiger partial charge >= 0.3 is 0 Å². The van der Waals surface area contributed by atoms with Crippen LogP contribution in [0.3, 0.4) is 0 Å². The van der Waals surface area contributed by atoms with Crippen molar-refractivity contribution in [3.8, 4) is 0 Å². The van der Waals surface area contributed by atoms with E-state index in [1.807, 2.05) is 14.0 Å². The fraction of sp³-hybridized carbons (Fsp3) is 0.917. The minimum Gasteiger partial charge on any atom is -0.385 e. The highest BCUT2D eigenvalue weighted by atomic mass is 16.5. The van der Waals surface area contributed by atoms with E-state index in [-0.39, 0.29) is 18.1 Å². The van der Waals surface area contributed by atoms with Crippen molar-refractivity contribution in [1.29, 1.82) is 0 Å². The van der Waals surface area contributed by atoms with Crippen molar-refractivity contribution in [1.82, 2.24) is 4.90 Å². The van der Waals surface area contributed by atoms with Crippen molar-refractivity contribution < 1.29 is 14.3 Å². The zero-order valence-corrected chi connectivity index (χ0v) is 11.0. The Labute approximate surface area is 103 Å². The lowest BCUT2D eigenvalue weighted by molar-refractivity contribution is -0.134. The summed E-state index contributed by atoms with van der Waals surface area (Å²) in [6.07, 6.45) is 2.48. The van der Waals surface area contributed by atoms with Crippen LogP contribution in [0, 0.1) is 0 Å². The molecule has 1 aliphatic heterocycles. The second kappa shape index (κ2) is 6.93. The normalized spacial score (nSPS) is 25.9. The molecule has 3 unspecified atom stereocenters. The molecule has 1 heterocycles. The highest BCUT2D eigenvalue weighted by molar-refractivity contribution is 5.81. The van der Waals surface area contributed by atoms with Crippen molar-refractivity contribution in [2.45, 2.75) is 44.4 Å². The lowest BCUT2D eigenvalue weighted by Crippen LogP contribution is -2.48. The van der Waals surface area contributed by atoms with E-state index in [0.717, 1.165) is 19.4 Å². The molecule has 0 aromatic carbocycles. The maximum atomic E-state index is 12.1. The van der Waals surface area contributed by atoms with Gasteiger partial charge in [-0.1, -0.05) is 0 Å². The van der Waals surface area contributed by atoms with Gasteiger partial charge in [0, 0.05) is 27.4 Å². The van der Waals surface area contributed by atoms with Crippen molar-refractivity contribution in [2.24, 2.45) is 5.73 Å². The molecule has 0 spiro atoms. The SMILES string of the molecule is COCCCC(N)C(=O)N(C)C1CCOC1C. The average molecular weight is 244 g/mol. The Hall–Kier alpha value is -0.650. The molecular weight excluding hydrogens is 220 g/mol. The summed E-state index contributed by atoms with van der Waals surface area (Å²) >= 11 is 0. The molecule has 2 N–H and O–H groups in total. The van der Waals surface area contributed by atoms with Crippen molar-refractivity contribution in [3.05, 3.63) is 0 Å². The molecule has 3 atom stereocenters. The van der Waals surface area contributed by atoms with Gasteiger partial charge < -0.3 is 20.1 Å². The number of hydrogen-bond acceptors (Lipinski definition) is 4. The number of rotatable bonds is 6. The molecule has 0 bridgehead atoms. The first-order valence-corrected chi connectivity index (χ1v) is 6.20. The fourth-order valence-electron chi connectivity index (χ4n) is 2.23. The third kappa shape index (κ3) is 3.94. The van der Waals surface area contributed by atoms with Crippen molar-refractivity contribution in [2.75, 3.05) is 27.4 Å². The quantitative estimate of drug-likeness (QED) is 0.686. The van der Waals surface area contributed by atoms with E-state index >= 15 is 0 Å². The second-order valence-electron chi connectivity index (χ2n) is 4.62. The number of likely N-dealkylation sites (N-methyl/N-ethyl adjacent to an activating group) is 1. The topological polar surface area (TPSA) is 64.8 Å². The summed E-state index contributed by atoms with van der Waals surface area (Å²) < 4.78 is 10.4. The first-order valence-electron chi connectivity index (χ1n) is 6.20. The van der Waals surface area contributed by atoms with Gasteiger partial charge in [0.05, 0.1) is 18.2 Å². The van der Waals surface area contributed by atoms with Gasteiger partial charge in [0.1, 0.15) is 0 Å². The summed E-state index contributed by atoms with van der Waals surface area (Å²) in [5.41, 5.74) is 5.88. The average Bonchev–Trinajstić information content (AvgIpc) is 2.73. The summed E-state index contributed by atoms with van der Waals surface area (Å²) in [4.78, 5) is 13.8.